The van der Waals surface area contributed by atoms with E-state index < -0.39 is 0 Å². The summed E-state index contributed by atoms with van der Waals surface area (Å²) in [6.07, 6.45) is 5.47. The van der Waals surface area contributed by atoms with E-state index in [1.807, 2.05) is 12.3 Å². The van der Waals surface area contributed by atoms with Crippen LogP contribution in [-0.4, -0.2) is 60.0 Å². The fraction of sp³-hybridized carbons (Fsp3) is 0.476. The zero-order valence-corrected chi connectivity index (χ0v) is 16.3. The molecule has 0 bridgehead atoms. The van der Waals surface area contributed by atoms with Gasteiger partial charge in [-0.1, -0.05) is 6.07 Å². The first-order chi connectivity index (χ1) is 13.6. The van der Waals surface area contributed by atoms with Gasteiger partial charge < -0.3 is 14.7 Å². The number of amides is 1. The van der Waals surface area contributed by atoms with Crippen molar-refractivity contribution in [1.29, 1.82) is 0 Å². The highest BCUT2D eigenvalue weighted by molar-refractivity contribution is 5.94. The third-order valence-corrected chi connectivity index (χ3v) is 5.58. The van der Waals surface area contributed by atoms with Crippen LogP contribution in [-0.2, 0) is 0 Å². The van der Waals surface area contributed by atoms with Crippen LogP contribution in [0.15, 0.2) is 30.5 Å². The number of nitrogens with zero attached hydrogens (tertiary/aromatic N) is 5. The summed E-state index contributed by atoms with van der Waals surface area (Å²) >= 11 is 0. The highest BCUT2D eigenvalue weighted by Crippen LogP contribution is 2.20. The number of halogens is 1. The largest absolute Gasteiger partial charge is 0.353 e. The number of hydrogen-bond acceptors (Lipinski definition) is 5. The number of hydrogen-bond donors (Lipinski definition) is 0. The Labute approximate surface area is 165 Å². The van der Waals surface area contributed by atoms with Gasteiger partial charge in [-0.2, -0.15) is 4.98 Å². The van der Waals surface area contributed by atoms with Gasteiger partial charge in [0.25, 0.3) is 5.91 Å². The maximum atomic E-state index is 13.8. The van der Waals surface area contributed by atoms with Gasteiger partial charge in [0.1, 0.15) is 11.6 Å². The molecule has 2 aliphatic rings. The number of piperazine rings is 1. The van der Waals surface area contributed by atoms with E-state index in [0.29, 0.717) is 37.3 Å². The standard InChI is InChI=1S/C21H26FN5O/c1-16-5-6-17(15-18(16)22)20(28)26-13-11-25(12-14-26)19-7-8-23-21(24-19)27-9-3-2-4-10-27/h5-8,15H,2-4,9-14H2,1H3. The molecule has 28 heavy (non-hydrogen) atoms. The fourth-order valence-corrected chi connectivity index (χ4v) is 3.81. The van der Waals surface area contributed by atoms with Crippen molar-refractivity contribution in [1.82, 2.24) is 14.9 Å². The van der Waals surface area contributed by atoms with Crippen LogP contribution in [0, 0.1) is 12.7 Å². The Kier molecular flexibility index (Phi) is 5.41. The molecule has 2 aromatic rings. The molecule has 0 unspecified atom stereocenters. The Morgan fingerprint density at radius 3 is 2.43 bits per heavy atom. The van der Waals surface area contributed by atoms with E-state index in [1.165, 1.54) is 25.3 Å². The topological polar surface area (TPSA) is 52.6 Å². The number of aromatic nitrogens is 2. The molecule has 0 radical (unpaired) electrons. The van der Waals surface area contributed by atoms with E-state index in [4.69, 9.17) is 4.98 Å². The van der Waals surface area contributed by atoms with Gasteiger partial charge in [-0.25, -0.2) is 9.37 Å². The average Bonchev–Trinajstić information content (AvgIpc) is 2.76. The lowest BCUT2D eigenvalue weighted by atomic mass is 10.1. The first-order valence-corrected chi connectivity index (χ1v) is 10.0. The van der Waals surface area contributed by atoms with Crippen molar-refractivity contribution >= 4 is 17.7 Å². The second kappa shape index (κ2) is 8.12. The minimum Gasteiger partial charge on any atom is -0.353 e. The van der Waals surface area contributed by atoms with Crippen molar-refractivity contribution in [2.75, 3.05) is 49.1 Å². The monoisotopic (exact) mass is 383 g/mol. The summed E-state index contributed by atoms with van der Waals surface area (Å²) in [4.78, 5) is 28.1. The Morgan fingerprint density at radius 2 is 1.71 bits per heavy atom. The zero-order chi connectivity index (χ0) is 19.5. The number of anilines is 2. The van der Waals surface area contributed by atoms with Crippen molar-refractivity contribution in [3.8, 4) is 0 Å². The van der Waals surface area contributed by atoms with Gasteiger partial charge in [-0.05, 0) is 49.9 Å². The van der Waals surface area contributed by atoms with Crippen molar-refractivity contribution in [3.63, 3.8) is 0 Å². The summed E-state index contributed by atoms with van der Waals surface area (Å²) < 4.78 is 13.8. The smallest absolute Gasteiger partial charge is 0.254 e. The van der Waals surface area contributed by atoms with Crippen LogP contribution < -0.4 is 9.80 Å². The molecule has 148 valence electrons. The highest BCUT2D eigenvalue weighted by atomic mass is 19.1. The maximum Gasteiger partial charge on any atom is 0.254 e. The lowest BCUT2D eigenvalue weighted by molar-refractivity contribution is 0.0746. The van der Waals surface area contributed by atoms with Crippen molar-refractivity contribution in [2.45, 2.75) is 26.2 Å². The van der Waals surface area contributed by atoms with Crippen LogP contribution in [0.4, 0.5) is 16.2 Å². The van der Waals surface area contributed by atoms with E-state index in [9.17, 15) is 9.18 Å². The predicted molar refractivity (Wildman–Crippen MR) is 107 cm³/mol. The summed E-state index contributed by atoms with van der Waals surface area (Å²) in [5.74, 6) is 1.25. The van der Waals surface area contributed by atoms with Crippen LogP contribution in [0.1, 0.15) is 35.2 Å². The predicted octanol–water partition coefficient (Wildman–Crippen LogP) is 2.88. The number of piperidine rings is 1. The van der Waals surface area contributed by atoms with E-state index in [-0.39, 0.29) is 11.7 Å². The van der Waals surface area contributed by atoms with E-state index in [1.54, 1.807) is 24.0 Å². The molecule has 2 aliphatic heterocycles. The zero-order valence-electron chi connectivity index (χ0n) is 16.3. The van der Waals surface area contributed by atoms with Gasteiger partial charge in [0, 0.05) is 51.0 Å². The molecule has 1 aromatic carbocycles. The third-order valence-electron chi connectivity index (χ3n) is 5.58. The van der Waals surface area contributed by atoms with Gasteiger partial charge in [0.05, 0.1) is 0 Å². The summed E-state index contributed by atoms with van der Waals surface area (Å²) in [5, 5.41) is 0. The van der Waals surface area contributed by atoms with Crippen LogP contribution in [0.5, 0.6) is 0 Å². The minimum atomic E-state index is -0.337. The number of benzene rings is 1. The Morgan fingerprint density at radius 1 is 0.964 bits per heavy atom. The van der Waals surface area contributed by atoms with E-state index >= 15 is 0 Å². The summed E-state index contributed by atoms with van der Waals surface area (Å²) in [6.45, 7) is 6.32. The van der Waals surface area contributed by atoms with Gasteiger partial charge in [-0.3, -0.25) is 4.79 Å². The van der Waals surface area contributed by atoms with Gasteiger partial charge in [0.15, 0.2) is 0 Å². The van der Waals surface area contributed by atoms with E-state index in [2.05, 4.69) is 14.8 Å². The molecule has 4 rings (SSSR count). The molecule has 0 saturated carbocycles. The summed E-state index contributed by atoms with van der Waals surface area (Å²) in [7, 11) is 0. The van der Waals surface area contributed by atoms with Crippen molar-refractivity contribution in [2.24, 2.45) is 0 Å². The summed E-state index contributed by atoms with van der Waals surface area (Å²) in [5.41, 5.74) is 0.959. The van der Waals surface area contributed by atoms with Crippen LogP contribution in [0.25, 0.3) is 0 Å². The normalized spacial score (nSPS) is 17.7. The molecule has 0 atom stereocenters. The highest BCUT2D eigenvalue weighted by Gasteiger charge is 2.24. The summed E-state index contributed by atoms with van der Waals surface area (Å²) in [6, 6.07) is 6.61. The molecule has 2 saturated heterocycles. The SMILES string of the molecule is Cc1ccc(C(=O)N2CCN(c3ccnc(N4CCCCC4)n3)CC2)cc1F. The van der Waals surface area contributed by atoms with Crippen LogP contribution >= 0.6 is 0 Å². The maximum absolute atomic E-state index is 13.8. The Hall–Kier alpha value is -2.70. The average molecular weight is 383 g/mol. The second-order valence-corrected chi connectivity index (χ2v) is 7.51. The Bertz CT molecular complexity index is 844. The number of carbonyl (C=O) groups is 1. The molecular weight excluding hydrogens is 357 g/mol. The molecule has 7 heteroatoms. The molecule has 0 spiro atoms. The van der Waals surface area contributed by atoms with Gasteiger partial charge in [-0.15, -0.1) is 0 Å². The van der Waals surface area contributed by atoms with Crippen LogP contribution in [0.3, 0.4) is 0 Å². The third kappa shape index (κ3) is 3.93. The fourth-order valence-electron chi connectivity index (χ4n) is 3.81. The molecule has 1 amide bonds. The lowest BCUT2D eigenvalue weighted by Gasteiger charge is -2.36. The first kappa shape index (κ1) is 18.7. The second-order valence-electron chi connectivity index (χ2n) is 7.51. The number of rotatable bonds is 3. The molecule has 0 N–H and O–H groups in total. The minimum absolute atomic E-state index is 0.116. The van der Waals surface area contributed by atoms with Crippen LogP contribution in [0.2, 0.25) is 0 Å². The molecular formula is C21H26FN5O. The van der Waals surface area contributed by atoms with E-state index in [0.717, 1.165) is 24.9 Å². The first-order valence-electron chi connectivity index (χ1n) is 10.0. The number of aryl methyl sites for hydroxylation is 1. The van der Waals surface area contributed by atoms with Gasteiger partial charge in [0.2, 0.25) is 5.95 Å². The Balaban J connectivity index is 1.40. The van der Waals surface area contributed by atoms with Crippen molar-refractivity contribution in [3.05, 3.63) is 47.4 Å². The molecule has 0 aliphatic carbocycles. The lowest BCUT2D eigenvalue weighted by Crippen LogP contribution is -2.49. The van der Waals surface area contributed by atoms with Gasteiger partial charge >= 0.3 is 0 Å². The molecule has 1 aromatic heterocycles. The number of carbonyl (C=O) groups excluding carboxylic acids is 1. The van der Waals surface area contributed by atoms with Crippen molar-refractivity contribution < 1.29 is 9.18 Å². The molecule has 2 fully saturated rings. The molecule has 3 heterocycles. The molecule has 6 nitrogen and oxygen atoms in total. The quantitative estimate of drug-likeness (QED) is 0.816.